The maximum Gasteiger partial charge on any atom is 0.0105 e. The zero-order valence-electron chi connectivity index (χ0n) is 9.85. The fourth-order valence-corrected chi connectivity index (χ4v) is 2.75. The maximum absolute atomic E-state index is 3.30. The summed E-state index contributed by atoms with van der Waals surface area (Å²) in [6.07, 6.45) is 1.18. The summed E-state index contributed by atoms with van der Waals surface area (Å²) in [7, 11) is 2.03. The van der Waals surface area contributed by atoms with Gasteiger partial charge in [-0.1, -0.05) is 13.8 Å². The minimum atomic E-state index is 0.293. The molecule has 1 atom stereocenters. The van der Waals surface area contributed by atoms with Crippen molar-refractivity contribution in [2.24, 2.45) is 0 Å². The highest BCUT2D eigenvalue weighted by molar-refractivity contribution is 7.12. The van der Waals surface area contributed by atoms with Gasteiger partial charge in [0.15, 0.2) is 0 Å². The molecule has 0 radical (unpaired) electrons. The van der Waals surface area contributed by atoms with Crippen molar-refractivity contribution in [1.82, 2.24) is 5.32 Å². The highest BCUT2D eigenvalue weighted by Crippen LogP contribution is 2.33. The average Bonchev–Trinajstić information content (AvgIpc) is 2.51. The van der Waals surface area contributed by atoms with E-state index in [0.29, 0.717) is 11.5 Å². The van der Waals surface area contributed by atoms with Crippen LogP contribution >= 0.6 is 11.3 Å². The van der Waals surface area contributed by atoms with Crippen LogP contribution in [0.4, 0.5) is 0 Å². The van der Waals surface area contributed by atoms with Crippen LogP contribution in [0.1, 0.15) is 36.9 Å². The minimum absolute atomic E-state index is 0.293. The Balaban J connectivity index is 2.74. The summed E-state index contributed by atoms with van der Waals surface area (Å²) in [5.74, 6) is 0. The molecular formula is C12H21NS. The van der Waals surface area contributed by atoms with Gasteiger partial charge in [0.1, 0.15) is 0 Å². The van der Waals surface area contributed by atoms with E-state index in [1.807, 2.05) is 18.4 Å². The molecule has 1 heterocycles. The van der Waals surface area contributed by atoms with Gasteiger partial charge in [0.05, 0.1) is 0 Å². The number of thiophene rings is 1. The van der Waals surface area contributed by atoms with E-state index in [4.69, 9.17) is 0 Å². The monoisotopic (exact) mass is 211 g/mol. The maximum atomic E-state index is 3.30. The third-order valence-corrected chi connectivity index (χ3v) is 4.08. The van der Waals surface area contributed by atoms with E-state index in [1.54, 1.807) is 0 Å². The standard InChI is InChI=1S/C12H21NS/c1-9(13-5)8-12(3,4)11-7-6-10(2)14-11/h6-7,9,13H,8H2,1-5H3. The summed E-state index contributed by atoms with van der Waals surface area (Å²) in [5, 5.41) is 3.30. The van der Waals surface area contributed by atoms with Crippen molar-refractivity contribution in [3.63, 3.8) is 0 Å². The van der Waals surface area contributed by atoms with Gasteiger partial charge in [0.2, 0.25) is 0 Å². The Labute approximate surface area is 91.5 Å². The Morgan fingerprint density at radius 3 is 2.50 bits per heavy atom. The predicted molar refractivity (Wildman–Crippen MR) is 65.2 cm³/mol. The Hall–Kier alpha value is -0.340. The number of rotatable bonds is 4. The molecule has 1 nitrogen and oxygen atoms in total. The van der Waals surface area contributed by atoms with Crippen molar-refractivity contribution < 1.29 is 0 Å². The SMILES string of the molecule is CNC(C)CC(C)(C)c1ccc(C)s1. The second kappa shape index (κ2) is 4.45. The molecule has 14 heavy (non-hydrogen) atoms. The summed E-state index contributed by atoms with van der Waals surface area (Å²) < 4.78 is 0. The number of hydrogen-bond donors (Lipinski definition) is 1. The van der Waals surface area contributed by atoms with E-state index in [2.05, 4.69) is 45.1 Å². The van der Waals surface area contributed by atoms with E-state index in [-0.39, 0.29) is 0 Å². The highest BCUT2D eigenvalue weighted by Gasteiger charge is 2.24. The van der Waals surface area contributed by atoms with Gasteiger partial charge in [0.25, 0.3) is 0 Å². The lowest BCUT2D eigenvalue weighted by molar-refractivity contribution is 0.411. The van der Waals surface area contributed by atoms with Gasteiger partial charge < -0.3 is 5.32 Å². The number of hydrogen-bond acceptors (Lipinski definition) is 2. The van der Waals surface area contributed by atoms with Gasteiger partial charge in [-0.3, -0.25) is 0 Å². The normalized spacial score (nSPS) is 14.4. The van der Waals surface area contributed by atoms with Crippen molar-refractivity contribution in [3.8, 4) is 0 Å². The van der Waals surface area contributed by atoms with Crippen LogP contribution in [-0.4, -0.2) is 13.1 Å². The first-order valence-corrected chi connectivity index (χ1v) is 6.01. The van der Waals surface area contributed by atoms with Crippen LogP contribution in [0.5, 0.6) is 0 Å². The molecule has 0 saturated carbocycles. The third kappa shape index (κ3) is 2.82. The first-order chi connectivity index (χ1) is 6.45. The van der Waals surface area contributed by atoms with E-state index in [1.165, 1.54) is 16.2 Å². The average molecular weight is 211 g/mol. The molecule has 0 aliphatic heterocycles. The Kier molecular flexibility index (Phi) is 3.73. The van der Waals surface area contributed by atoms with Crippen LogP contribution in [0.3, 0.4) is 0 Å². The van der Waals surface area contributed by atoms with Gasteiger partial charge >= 0.3 is 0 Å². The van der Waals surface area contributed by atoms with Crippen LogP contribution in [0.25, 0.3) is 0 Å². The fourth-order valence-electron chi connectivity index (χ4n) is 1.77. The third-order valence-electron chi connectivity index (χ3n) is 2.72. The molecule has 0 saturated heterocycles. The molecule has 0 amide bonds. The molecular weight excluding hydrogens is 190 g/mol. The van der Waals surface area contributed by atoms with Crippen LogP contribution in [0, 0.1) is 6.92 Å². The Morgan fingerprint density at radius 2 is 2.07 bits per heavy atom. The summed E-state index contributed by atoms with van der Waals surface area (Å²) >= 11 is 1.92. The van der Waals surface area contributed by atoms with E-state index in [9.17, 15) is 0 Å². The molecule has 1 aromatic heterocycles. The van der Waals surface area contributed by atoms with Crippen LogP contribution in [-0.2, 0) is 5.41 Å². The molecule has 80 valence electrons. The smallest absolute Gasteiger partial charge is 0.0105 e. The van der Waals surface area contributed by atoms with Crippen LogP contribution < -0.4 is 5.32 Å². The lowest BCUT2D eigenvalue weighted by Crippen LogP contribution is -2.30. The fraction of sp³-hybridized carbons (Fsp3) is 0.667. The first-order valence-electron chi connectivity index (χ1n) is 5.20. The first kappa shape index (κ1) is 11.7. The molecule has 2 heteroatoms. The zero-order chi connectivity index (χ0) is 10.8. The molecule has 0 aliphatic rings. The zero-order valence-corrected chi connectivity index (χ0v) is 10.7. The minimum Gasteiger partial charge on any atom is -0.317 e. The van der Waals surface area contributed by atoms with Crippen molar-refractivity contribution in [1.29, 1.82) is 0 Å². The van der Waals surface area contributed by atoms with Gasteiger partial charge in [-0.15, -0.1) is 11.3 Å². The molecule has 0 bridgehead atoms. The predicted octanol–water partition coefficient (Wildman–Crippen LogP) is 3.33. The van der Waals surface area contributed by atoms with Gasteiger partial charge in [0, 0.05) is 21.2 Å². The van der Waals surface area contributed by atoms with E-state index >= 15 is 0 Å². The van der Waals surface area contributed by atoms with Gasteiger partial charge in [-0.2, -0.15) is 0 Å². The summed E-state index contributed by atoms with van der Waals surface area (Å²) in [4.78, 5) is 2.90. The molecule has 0 aromatic carbocycles. The number of aryl methyl sites for hydroxylation is 1. The molecule has 1 N–H and O–H groups in total. The van der Waals surface area contributed by atoms with Gasteiger partial charge in [-0.25, -0.2) is 0 Å². The van der Waals surface area contributed by atoms with Crippen LogP contribution in [0.2, 0.25) is 0 Å². The lowest BCUT2D eigenvalue weighted by Gasteiger charge is -2.26. The second-order valence-electron chi connectivity index (χ2n) is 4.69. The molecule has 0 fully saturated rings. The molecule has 1 rings (SSSR count). The lowest BCUT2D eigenvalue weighted by atomic mass is 9.85. The molecule has 0 spiro atoms. The Bertz CT molecular complexity index is 288. The van der Waals surface area contributed by atoms with Gasteiger partial charge in [-0.05, 0) is 39.4 Å². The van der Waals surface area contributed by atoms with Crippen LogP contribution in [0.15, 0.2) is 12.1 Å². The topological polar surface area (TPSA) is 12.0 Å². The molecule has 1 unspecified atom stereocenters. The molecule has 0 aliphatic carbocycles. The molecule has 1 aromatic rings. The van der Waals surface area contributed by atoms with Crippen molar-refractivity contribution in [3.05, 3.63) is 21.9 Å². The van der Waals surface area contributed by atoms with E-state index < -0.39 is 0 Å². The Morgan fingerprint density at radius 1 is 1.43 bits per heavy atom. The summed E-state index contributed by atoms with van der Waals surface area (Å²) in [6.45, 7) is 9.06. The van der Waals surface area contributed by atoms with Crippen molar-refractivity contribution in [2.45, 2.75) is 45.6 Å². The summed E-state index contributed by atoms with van der Waals surface area (Å²) in [5.41, 5.74) is 0.293. The van der Waals surface area contributed by atoms with Crippen molar-refractivity contribution in [2.75, 3.05) is 7.05 Å². The largest absolute Gasteiger partial charge is 0.317 e. The highest BCUT2D eigenvalue weighted by atomic mass is 32.1. The quantitative estimate of drug-likeness (QED) is 0.805. The summed E-state index contributed by atoms with van der Waals surface area (Å²) in [6, 6.07) is 5.06. The van der Waals surface area contributed by atoms with E-state index in [0.717, 1.165) is 0 Å². The second-order valence-corrected chi connectivity index (χ2v) is 5.98. The van der Waals surface area contributed by atoms with Crippen molar-refractivity contribution >= 4 is 11.3 Å². The number of nitrogens with one attached hydrogen (secondary N) is 1.